The molecule has 3 rings (SSSR count). The molecule has 0 amide bonds. The molecule has 0 saturated carbocycles. The van der Waals surface area contributed by atoms with Crippen molar-refractivity contribution in [3.63, 3.8) is 0 Å². The van der Waals surface area contributed by atoms with E-state index in [2.05, 4.69) is 20.4 Å². The molecule has 1 N–H and O–H groups in total. The summed E-state index contributed by atoms with van der Waals surface area (Å²) in [7, 11) is 1.71. The van der Waals surface area contributed by atoms with Crippen molar-refractivity contribution >= 4 is 11.3 Å². The molecule has 0 spiro atoms. The number of nitrogens with zero attached hydrogens (tertiary/aromatic N) is 3. The zero-order chi connectivity index (χ0) is 11.7. The summed E-state index contributed by atoms with van der Waals surface area (Å²) < 4.78 is 10.5. The number of methoxy groups -OCH3 is 1. The highest BCUT2D eigenvalue weighted by molar-refractivity contribution is 7.13. The molecule has 2 aromatic heterocycles. The average molecular weight is 252 g/mol. The summed E-state index contributed by atoms with van der Waals surface area (Å²) in [6, 6.07) is 0.0918. The zero-order valence-electron chi connectivity index (χ0n) is 9.29. The van der Waals surface area contributed by atoms with Gasteiger partial charge in [0.1, 0.15) is 0 Å². The summed E-state index contributed by atoms with van der Waals surface area (Å²) in [6.07, 6.45) is 2.82. The van der Waals surface area contributed by atoms with Crippen molar-refractivity contribution in [3.05, 3.63) is 17.6 Å². The molecule has 0 bridgehead atoms. The Morgan fingerprint density at radius 3 is 3.24 bits per heavy atom. The minimum absolute atomic E-state index is 0.0918. The summed E-state index contributed by atoms with van der Waals surface area (Å²) in [6.45, 7) is 0.819. The molecule has 17 heavy (non-hydrogen) atoms. The maximum absolute atomic E-state index is 5.28. The van der Waals surface area contributed by atoms with Crippen molar-refractivity contribution < 1.29 is 9.26 Å². The third-order valence-corrected chi connectivity index (χ3v) is 3.59. The van der Waals surface area contributed by atoms with E-state index in [1.165, 1.54) is 11.3 Å². The number of ether oxygens (including phenoxy) is 1. The fourth-order valence-electron chi connectivity index (χ4n) is 1.87. The van der Waals surface area contributed by atoms with Crippen LogP contribution in [-0.4, -0.2) is 34.9 Å². The van der Waals surface area contributed by atoms with E-state index in [-0.39, 0.29) is 12.1 Å². The van der Waals surface area contributed by atoms with Gasteiger partial charge in [0.05, 0.1) is 22.5 Å². The maximum Gasteiger partial charge on any atom is 0.244 e. The second-order valence-corrected chi connectivity index (χ2v) is 4.76. The molecular formula is C10H12N4O2S. The second kappa shape index (κ2) is 4.52. The third kappa shape index (κ3) is 2.08. The van der Waals surface area contributed by atoms with Crippen LogP contribution in [-0.2, 0) is 4.74 Å². The summed E-state index contributed by atoms with van der Waals surface area (Å²) in [5.74, 6) is 1.22. The van der Waals surface area contributed by atoms with E-state index in [0.29, 0.717) is 11.7 Å². The molecule has 1 fully saturated rings. The normalized spacial score (nSPS) is 24.3. The van der Waals surface area contributed by atoms with Crippen LogP contribution >= 0.6 is 11.3 Å². The predicted octanol–water partition coefficient (Wildman–Crippen LogP) is 1.24. The Bertz CT molecular complexity index is 484. The average Bonchev–Trinajstić information content (AvgIpc) is 3.09. The van der Waals surface area contributed by atoms with Crippen molar-refractivity contribution in [2.75, 3.05) is 13.7 Å². The first-order valence-corrected chi connectivity index (χ1v) is 6.23. The summed E-state index contributed by atoms with van der Waals surface area (Å²) >= 11 is 1.50. The van der Waals surface area contributed by atoms with Gasteiger partial charge in [-0.1, -0.05) is 5.16 Å². The van der Waals surface area contributed by atoms with E-state index < -0.39 is 0 Å². The van der Waals surface area contributed by atoms with E-state index in [4.69, 9.17) is 9.26 Å². The topological polar surface area (TPSA) is 73.1 Å². The van der Waals surface area contributed by atoms with E-state index in [1.54, 1.807) is 18.8 Å². The second-order valence-electron chi connectivity index (χ2n) is 3.88. The molecule has 2 atom stereocenters. The Morgan fingerprint density at radius 1 is 1.59 bits per heavy atom. The minimum Gasteiger partial charge on any atom is -0.380 e. The van der Waals surface area contributed by atoms with Gasteiger partial charge in [-0.05, 0) is 6.42 Å². The fraction of sp³-hybridized carbons (Fsp3) is 0.500. The van der Waals surface area contributed by atoms with Crippen molar-refractivity contribution in [1.29, 1.82) is 0 Å². The summed E-state index contributed by atoms with van der Waals surface area (Å²) in [5, 5.41) is 7.26. The first kappa shape index (κ1) is 10.8. The highest BCUT2D eigenvalue weighted by Crippen LogP contribution is 2.26. The van der Waals surface area contributed by atoms with Gasteiger partial charge in [0, 0.05) is 19.9 Å². The lowest BCUT2D eigenvalue weighted by molar-refractivity contribution is 0.116. The van der Waals surface area contributed by atoms with Crippen molar-refractivity contribution in [2.24, 2.45) is 0 Å². The van der Waals surface area contributed by atoms with E-state index in [9.17, 15) is 0 Å². The standard InChI is InChI=1S/C10H12N4O2S/c1-15-6-2-7(12-3-6)10-13-9(14-16-10)8-4-11-5-17-8/h4-7,12H,2-3H2,1H3. The monoisotopic (exact) mass is 252 g/mol. The number of aromatic nitrogens is 3. The molecule has 2 aromatic rings. The largest absolute Gasteiger partial charge is 0.380 e. The summed E-state index contributed by atoms with van der Waals surface area (Å²) in [4.78, 5) is 9.29. The molecule has 3 heterocycles. The van der Waals surface area contributed by atoms with Crippen molar-refractivity contribution in [3.8, 4) is 10.7 Å². The number of hydrogen-bond donors (Lipinski definition) is 1. The Morgan fingerprint density at radius 2 is 2.53 bits per heavy atom. The van der Waals surface area contributed by atoms with Gasteiger partial charge in [0.2, 0.25) is 11.7 Å². The lowest BCUT2D eigenvalue weighted by Gasteiger charge is -2.04. The van der Waals surface area contributed by atoms with Crippen LogP contribution in [0.3, 0.4) is 0 Å². The van der Waals surface area contributed by atoms with E-state index >= 15 is 0 Å². The highest BCUT2D eigenvalue weighted by atomic mass is 32.1. The van der Waals surface area contributed by atoms with Crippen LogP contribution in [0.4, 0.5) is 0 Å². The molecule has 6 nitrogen and oxygen atoms in total. The number of rotatable bonds is 3. The van der Waals surface area contributed by atoms with Gasteiger partial charge < -0.3 is 14.6 Å². The van der Waals surface area contributed by atoms with Gasteiger partial charge in [-0.25, -0.2) is 0 Å². The van der Waals surface area contributed by atoms with Crippen LogP contribution in [0.25, 0.3) is 10.7 Å². The molecule has 1 aliphatic heterocycles. The van der Waals surface area contributed by atoms with Crippen molar-refractivity contribution in [1.82, 2.24) is 20.4 Å². The van der Waals surface area contributed by atoms with Crippen LogP contribution in [0.15, 0.2) is 16.2 Å². The van der Waals surface area contributed by atoms with Gasteiger partial charge in [-0.15, -0.1) is 11.3 Å². The number of hydrogen-bond acceptors (Lipinski definition) is 7. The van der Waals surface area contributed by atoms with Crippen LogP contribution in [0.1, 0.15) is 18.4 Å². The Labute approximate surface area is 102 Å². The Kier molecular flexibility index (Phi) is 2.87. The molecule has 0 aliphatic carbocycles. The van der Waals surface area contributed by atoms with Gasteiger partial charge >= 0.3 is 0 Å². The molecule has 0 radical (unpaired) electrons. The van der Waals surface area contributed by atoms with Gasteiger partial charge in [0.25, 0.3) is 0 Å². The molecule has 1 aliphatic rings. The quantitative estimate of drug-likeness (QED) is 0.886. The van der Waals surface area contributed by atoms with Crippen molar-refractivity contribution in [2.45, 2.75) is 18.6 Å². The van der Waals surface area contributed by atoms with Crippen LogP contribution < -0.4 is 5.32 Å². The first-order chi connectivity index (χ1) is 8.36. The minimum atomic E-state index is 0.0918. The Hall–Kier alpha value is -1.31. The third-order valence-electron chi connectivity index (χ3n) is 2.82. The molecule has 2 unspecified atom stereocenters. The van der Waals surface area contributed by atoms with Crippen LogP contribution in [0.5, 0.6) is 0 Å². The fourth-order valence-corrected chi connectivity index (χ4v) is 2.42. The first-order valence-electron chi connectivity index (χ1n) is 5.35. The summed E-state index contributed by atoms with van der Waals surface area (Å²) in [5.41, 5.74) is 1.75. The SMILES string of the molecule is COC1CNC(c2nc(-c3cncs3)no2)C1. The number of thiazole rings is 1. The lowest BCUT2D eigenvalue weighted by Crippen LogP contribution is -2.16. The molecular weight excluding hydrogens is 240 g/mol. The highest BCUT2D eigenvalue weighted by Gasteiger charge is 2.29. The molecule has 1 saturated heterocycles. The molecule has 90 valence electrons. The van der Waals surface area contributed by atoms with Gasteiger partial charge in [0.15, 0.2) is 0 Å². The van der Waals surface area contributed by atoms with E-state index in [0.717, 1.165) is 17.8 Å². The van der Waals surface area contributed by atoms with Crippen LogP contribution in [0, 0.1) is 0 Å². The van der Waals surface area contributed by atoms with E-state index in [1.807, 2.05) is 0 Å². The smallest absolute Gasteiger partial charge is 0.244 e. The van der Waals surface area contributed by atoms with Crippen LogP contribution in [0.2, 0.25) is 0 Å². The van der Waals surface area contributed by atoms with Gasteiger partial charge in [-0.3, -0.25) is 4.98 Å². The zero-order valence-corrected chi connectivity index (χ0v) is 10.1. The lowest BCUT2D eigenvalue weighted by atomic mass is 10.2. The maximum atomic E-state index is 5.28. The molecule has 7 heteroatoms. The van der Waals surface area contributed by atoms with Gasteiger partial charge in [-0.2, -0.15) is 4.98 Å². The Balaban J connectivity index is 1.77. The molecule has 0 aromatic carbocycles. The predicted molar refractivity (Wildman–Crippen MR) is 61.6 cm³/mol. The number of nitrogens with one attached hydrogen (secondary N) is 1.